The molecule has 0 spiro atoms. The summed E-state index contributed by atoms with van der Waals surface area (Å²) < 4.78 is 10.3. The lowest BCUT2D eigenvalue weighted by Gasteiger charge is -2.07. The van der Waals surface area contributed by atoms with Gasteiger partial charge in [-0.3, -0.25) is 9.59 Å². The molecule has 2 N–H and O–H groups in total. The first-order valence-corrected chi connectivity index (χ1v) is 10.8. The second-order valence-corrected chi connectivity index (χ2v) is 7.47. The molecule has 0 saturated carbocycles. The fraction of sp³-hybridized carbons (Fsp3) is 0.143. The van der Waals surface area contributed by atoms with Crippen molar-refractivity contribution in [1.29, 1.82) is 0 Å². The second kappa shape index (κ2) is 12.6. The van der Waals surface area contributed by atoms with E-state index in [4.69, 9.17) is 9.47 Å². The summed E-state index contributed by atoms with van der Waals surface area (Å²) in [5, 5.41) is 5.75. The van der Waals surface area contributed by atoms with E-state index < -0.39 is 0 Å². The fourth-order valence-electron chi connectivity index (χ4n) is 3.12. The maximum Gasteiger partial charge on any atom is 0.244 e. The van der Waals surface area contributed by atoms with Crippen molar-refractivity contribution in [2.75, 3.05) is 14.2 Å². The van der Waals surface area contributed by atoms with Gasteiger partial charge in [-0.25, -0.2) is 0 Å². The van der Waals surface area contributed by atoms with Gasteiger partial charge in [-0.2, -0.15) is 0 Å². The number of methoxy groups -OCH3 is 2. The van der Waals surface area contributed by atoms with Gasteiger partial charge < -0.3 is 20.1 Å². The number of benzene rings is 3. The molecule has 0 atom stereocenters. The monoisotopic (exact) mass is 456 g/mol. The molecule has 0 saturated heterocycles. The van der Waals surface area contributed by atoms with E-state index in [0.29, 0.717) is 13.1 Å². The van der Waals surface area contributed by atoms with E-state index in [-0.39, 0.29) is 11.8 Å². The predicted octanol–water partition coefficient (Wildman–Crippen LogP) is 4.36. The zero-order valence-electron chi connectivity index (χ0n) is 19.3. The number of hydrogen-bond acceptors (Lipinski definition) is 4. The molecule has 0 fully saturated rings. The number of carbonyl (C=O) groups is 2. The van der Waals surface area contributed by atoms with Crippen LogP contribution in [0.1, 0.15) is 22.3 Å². The second-order valence-electron chi connectivity index (χ2n) is 7.47. The van der Waals surface area contributed by atoms with Crippen molar-refractivity contribution in [2.24, 2.45) is 0 Å². The van der Waals surface area contributed by atoms with Crippen LogP contribution in [0.15, 0.2) is 84.9 Å². The Morgan fingerprint density at radius 2 is 1.09 bits per heavy atom. The van der Waals surface area contributed by atoms with Gasteiger partial charge in [0, 0.05) is 25.2 Å². The van der Waals surface area contributed by atoms with E-state index in [1.54, 1.807) is 26.4 Å². The molecular formula is C28H28N2O4. The number of amides is 2. The Labute approximate surface area is 199 Å². The molecule has 0 unspecified atom stereocenters. The van der Waals surface area contributed by atoms with Crippen LogP contribution in [0.25, 0.3) is 12.2 Å². The first kappa shape index (κ1) is 24.3. The third-order valence-corrected chi connectivity index (χ3v) is 5.01. The highest BCUT2D eigenvalue weighted by atomic mass is 16.5. The third-order valence-electron chi connectivity index (χ3n) is 5.01. The van der Waals surface area contributed by atoms with Crippen LogP contribution < -0.4 is 20.1 Å². The molecule has 3 aromatic rings. The van der Waals surface area contributed by atoms with Crippen molar-refractivity contribution in [3.05, 3.63) is 107 Å². The summed E-state index contributed by atoms with van der Waals surface area (Å²) >= 11 is 0. The molecule has 6 heteroatoms. The molecule has 0 heterocycles. The quantitative estimate of drug-likeness (QED) is 0.445. The normalized spacial score (nSPS) is 10.9. The van der Waals surface area contributed by atoms with E-state index in [9.17, 15) is 9.59 Å². The average Bonchev–Trinajstić information content (AvgIpc) is 2.89. The number of hydrogen-bond donors (Lipinski definition) is 2. The van der Waals surface area contributed by atoms with Crippen molar-refractivity contribution in [2.45, 2.75) is 13.1 Å². The van der Waals surface area contributed by atoms with Gasteiger partial charge in [-0.05, 0) is 58.7 Å². The van der Waals surface area contributed by atoms with Gasteiger partial charge in [-0.1, -0.05) is 48.5 Å². The molecule has 34 heavy (non-hydrogen) atoms. The standard InChI is InChI=1S/C28H28N2O4/c1-33-25-12-6-21(7-13-25)10-16-27(31)29-19-23-4-3-5-24(18-23)20-30-28(32)17-11-22-8-14-26(34-2)15-9-22/h3-18H,19-20H2,1-2H3,(H,29,31)(H,30,32)/b16-10+,17-11+. The SMILES string of the molecule is COc1ccc(/C=C/C(=O)NCc2cccc(CNC(=O)/C=C/c3ccc(OC)cc3)c2)cc1. The van der Waals surface area contributed by atoms with Gasteiger partial charge in [0.15, 0.2) is 0 Å². The largest absolute Gasteiger partial charge is 0.497 e. The van der Waals surface area contributed by atoms with E-state index in [2.05, 4.69) is 10.6 Å². The number of rotatable bonds is 10. The molecule has 174 valence electrons. The van der Waals surface area contributed by atoms with E-state index in [1.807, 2.05) is 72.8 Å². The van der Waals surface area contributed by atoms with Crippen LogP contribution in [-0.4, -0.2) is 26.0 Å². The van der Waals surface area contributed by atoms with Crippen LogP contribution in [0, 0.1) is 0 Å². The van der Waals surface area contributed by atoms with Gasteiger partial charge in [0.2, 0.25) is 11.8 Å². The van der Waals surface area contributed by atoms with Gasteiger partial charge in [-0.15, -0.1) is 0 Å². The molecular weight excluding hydrogens is 428 g/mol. The minimum absolute atomic E-state index is 0.182. The summed E-state index contributed by atoms with van der Waals surface area (Å²) in [4.78, 5) is 24.3. The van der Waals surface area contributed by atoms with Crippen LogP contribution in [-0.2, 0) is 22.7 Å². The fourth-order valence-corrected chi connectivity index (χ4v) is 3.12. The number of carbonyl (C=O) groups excluding carboxylic acids is 2. The summed E-state index contributed by atoms with van der Waals surface area (Å²) in [5.74, 6) is 1.17. The highest BCUT2D eigenvalue weighted by Crippen LogP contribution is 2.13. The molecule has 6 nitrogen and oxygen atoms in total. The molecule has 3 aromatic carbocycles. The lowest BCUT2D eigenvalue weighted by molar-refractivity contribution is -0.117. The Kier molecular flexibility index (Phi) is 9.05. The predicted molar refractivity (Wildman–Crippen MR) is 134 cm³/mol. The Bertz CT molecular complexity index is 1060. The van der Waals surface area contributed by atoms with E-state index >= 15 is 0 Å². The lowest BCUT2D eigenvalue weighted by Crippen LogP contribution is -2.21. The van der Waals surface area contributed by atoms with Crippen molar-refractivity contribution in [3.8, 4) is 11.5 Å². The summed E-state index contributed by atoms with van der Waals surface area (Å²) in [6.07, 6.45) is 6.50. The van der Waals surface area contributed by atoms with Crippen LogP contribution >= 0.6 is 0 Å². The first-order valence-electron chi connectivity index (χ1n) is 10.8. The van der Waals surface area contributed by atoms with Gasteiger partial charge in [0.05, 0.1) is 14.2 Å². The lowest BCUT2D eigenvalue weighted by atomic mass is 10.1. The van der Waals surface area contributed by atoms with Crippen LogP contribution in [0.5, 0.6) is 11.5 Å². The highest BCUT2D eigenvalue weighted by Gasteiger charge is 2.01. The summed E-state index contributed by atoms with van der Waals surface area (Å²) in [6, 6.07) is 22.6. The zero-order valence-corrected chi connectivity index (χ0v) is 19.3. The van der Waals surface area contributed by atoms with E-state index in [0.717, 1.165) is 33.8 Å². The van der Waals surface area contributed by atoms with Crippen molar-refractivity contribution < 1.29 is 19.1 Å². The molecule has 0 aliphatic carbocycles. The van der Waals surface area contributed by atoms with Crippen molar-refractivity contribution >= 4 is 24.0 Å². The summed E-state index contributed by atoms with van der Waals surface area (Å²) in [7, 11) is 3.23. The van der Waals surface area contributed by atoms with Crippen LogP contribution in [0.4, 0.5) is 0 Å². The first-order chi connectivity index (χ1) is 16.6. The molecule has 0 aromatic heterocycles. The number of nitrogens with one attached hydrogen (secondary N) is 2. The van der Waals surface area contributed by atoms with Gasteiger partial charge in [0.1, 0.15) is 11.5 Å². The summed E-state index contributed by atoms with van der Waals surface area (Å²) in [6.45, 7) is 0.788. The maximum absolute atomic E-state index is 12.1. The molecule has 0 radical (unpaired) electrons. The van der Waals surface area contributed by atoms with Crippen molar-refractivity contribution in [1.82, 2.24) is 10.6 Å². The Hall–Kier alpha value is -4.32. The maximum atomic E-state index is 12.1. The highest BCUT2D eigenvalue weighted by molar-refractivity contribution is 5.92. The number of ether oxygens (including phenoxy) is 2. The minimum Gasteiger partial charge on any atom is -0.497 e. The molecule has 0 bridgehead atoms. The summed E-state index contributed by atoms with van der Waals surface area (Å²) in [5.41, 5.74) is 3.72. The average molecular weight is 457 g/mol. The Morgan fingerprint density at radius 1 is 0.676 bits per heavy atom. The van der Waals surface area contributed by atoms with Gasteiger partial charge >= 0.3 is 0 Å². The Balaban J connectivity index is 1.45. The topological polar surface area (TPSA) is 76.7 Å². The molecule has 2 amide bonds. The van der Waals surface area contributed by atoms with Gasteiger partial charge in [0.25, 0.3) is 0 Å². The Morgan fingerprint density at radius 3 is 1.47 bits per heavy atom. The zero-order chi connectivity index (χ0) is 24.2. The smallest absolute Gasteiger partial charge is 0.244 e. The van der Waals surface area contributed by atoms with Crippen LogP contribution in [0.2, 0.25) is 0 Å². The van der Waals surface area contributed by atoms with E-state index in [1.165, 1.54) is 12.2 Å². The molecule has 0 aliphatic rings. The minimum atomic E-state index is -0.182. The molecule has 0 aliphatic heterocycles. The third kappa shape index (κ3) is 7.98. The van der Waals surface area contributed by atoms with Crippen molar-refractivity contribution in [3.63, 3.8) is 0 Å². The van der Waals surface area contributed by atoms with Crippen LogP contribution in [0.3, 0.4) is 0 Å². The molecule has 3 rings (SSSR count).